The molecule has 0 unspecified atom stereocenters. The monoisotopic (exact) mass is 452 g/mol. The molecule has 1 N–H and O–H groups in total. The molecule has 0 atom stereocenters. The quantitative estimate of drug-likeness (QED) is 0.652. The predicted octanol–water partition coefficient (Wildman–Crippen LogP) is 2.87. The largest absolute Gasteiger partial charge is 0.379 e. The average Bonchev–Trinajstić information content (AvgIpc) is 3.58. The Labute approximate surface area is 192 Å². The number of hydrogen-bond donors (Lipinski definition) is 1. The smallest absolute Gasteiger partial charge is 0.278 e. The van der Waals surface area contributed by atoms with Crippen molar-refractivity contribution in [1.29, 1.82) is 0 Å². The first kappa shape index (κ1) is 21.2. The van der Waals surface area contributed by atoms with E-state index in [2.05, 4.69) is 27.2 Å². The molecule has 168 valence electrons. The number of imide groups is 1. The zero-order valence-electron chi connectivity index (χ0n) is 18.1. The number of nitrogens with zero attached hydrogens (tertiary/aromatic N) is 3. The number of carbonyl (C=O) groups is 2. The van der Waals surface area contributed by atoms with Crippen molar-refractivity contribution in [2.24, 2.45) is 0 Å². The van der Waals surface area contributed by atoms with Crippen LogP contribution in [0, 0.1) is 0 Å². The van der Waals surface area contributed by atoms with Crippen molar-refractivity contribution in [1.82, 2.24) is 9.80 Å². The van der Waals surface area contributed by atoms with Crippen LogP contribution in [0.4, 0.5) is 11.4 Å². The van der Waals surface area contributed by atoms with Crippen LogP contribution >= 0.6 is 11.3 Å². The van der Waals surface area contributed by atoms with Crippen LogP contribution in [0.1, 0.15) is 17.7 Å². The number of nitrogens with one attached hydrogen (secondary N) is 1. The highest BCUT2D eigenvalue weighted by atomic mass is 32.1. The Kier molecular flexibility index (Phi) is 6.25. The third-order valence-corrected chi connectivity index (χ3v) is 7.17. The van der Waals surface area contributed by atoms with Crippen LogP contribution < -0.4 is 10.2 Å². The van der Waals surface area contributed by atoms with Gasteiger partial charge in [0.2, 0.25) is 0 Å². The van der Waals surface area contributed by atoms with Crippen molar-refractivity contribution in [2.75, 3.05) is 62.7 Å². The van der Waals surface area contributed by atoms with Crippen LogP contribution in [0.5, 0.6) is 0 Å². The lowest BCUT2D eigenvalue weighted by atomic mass is 10.2. The van der Waals surface area contributed by atoms with Gasteiger partial charge in [0, 0.05) is 55.5 Å². The maximum atomic E-state index is 13.3. The van der Waals surface area contributed by atoms with E-state index in [0.717, 1.165) is 36.7 Å². The number of morpholine rings is 1. The summed E-state index contributed by atoms with van der Waals surface area (Å²) in [4.78, 5) is 33.4. The number of hydrogen-bond acceptors (Lipinski definition) is 7. The van der Waals surface area contributed by atoms with E-state index in [0.29, 0.717) is 37.6 Å². The number of rotatable bonds is 7. The second-order valence-corrected chi connectivity index (χ2v) is 9.26. The van der Waals surface area contributed by atoms with Gasteiger partial charge in [-0.05, 0) is 48.6 Å². The molecular formula is C24H28N4O3S. The molecule has 8 heteroatoms. The van der Waals surface area contributed by atoms with Gasteiger partial charge >= 0.3 is 0 Å². The number of amides is 2. The van der Waals surface area contributed by atoms with E-state index < -0.39 is 0 Å². The van der Waals surface area contributed by atoms with Gasteiger partial charge in [-0.15, -0.1) is 11.3 Å². The molecule has 4 heterocycles. The molecule has 3 aliphatic heterocycles. The fourth-order valence-electron chi connectivity index (χ4n) is 4.49. The van der Waals surface area contributed by atoms with E-state index in [9.17, 15) is 9.59 Å². The Morgan fingerprint density at radius 1 is 0.906 bits per heavy atom. The molecule has 0 radical (unpaired) electrons. The lowest BCUT2D eigenvalue weighted by molar-refractivity contribution is -0.137. The van der Waals surface area contributed by atoms with Crippen LogP contribution in [0.2, 0.25) is 0 Å². The molecule has 0 aliphatic carbocycles. The molecule has 0 spiro atoms. The minimum absolute atomic E-state index is 0.220. The lowest BCUT2D eigenvalue weighted by Crippen LogP contribution is -2.43. The highest BCUT2D eigenvalue weighted by molar-refractivity contribution is 7.11. The minimum Gasteiger partial charge on any atom is -0.379 e. The normalized spacial score (nSPS) is 20.0. The first-order valence-corrected chi connectivity index (χ1v) is 12.1. The van der Waals surface area contributed by atoms with Gasteiger partial charge in [-0.2, -0.15) is 0 Å². The maximum Gasteiger partial charge on any atom is 0.278 e. The third-order valence-electron chi connectivity index (χ3n) is 6.29. The minimum atomic E-state index is -0.254. The zero-order valence-corrected chi connectivity index (χ0v) is 18.9. The summed E-state index contributed by atoms with van der Waals surface area (Å²) in [5.41, 5.74) is 2.85. The molecule has 2 aromatic rings. The summed E-state index contributed by atoms with van der Waals surface area (Å²) in [6.45, 7) is 6.27. The molecular weight excluding hydrogens is 424 g/mol. The Balaban J connectivity index is 1.35. The van der Waals surface area contributed by atoms with E-state index >= 15 is 0 Å². The average molecular weight is 453 g/mol. The summed E-state index contributed by atoms with van der Waals surface area (Å²) in [5, 5.41) is 5.20. The lowest BCUT2D eigenvalue weighted by Gasteiger charge is -2.28. The SMILES string of the molecule is O=C1C(Nc2ccc(N3CCCC3)cc2)=C(c2cccs2)C(=O)N1CCN1CCOCC1. The standard InChI is InChI=1S/C24H28N4O3S/c29-23-21(20-4-3-17-32-20)22(24(30)28(23)12-11-26-13-15-31-16-14-26)25-18-5-7-19(8-6-18)27-9-1-2-10-27/h3-8,17,25H,1-2,9-16H2. The molecule has 2 fully saturated rings. The van der Waals surface area contributed by atoms with Crippen molar-refractivity contribution >= 4 is 40.1 Å². The highest BCUT2D eigenvalue weighted by Crippen LogP contribution is 2.33. The van der Waals surface area contributed by atoms with Gasteiger partial charge < -0.3 is 15.0 Å². The van der Waals surface area contributed by atoms with Crippen molar-refractivity contribution in [2.45, 2.75) is 12.8 Å². The van der Waals surface area contributed by atoms with Gasteiger partial charge in [-0.25, -0.2) is 0 Å². The molecule has 5 rings (SSSR count). The first-order chi connectivity index (χ1) is 15.7. The molecule has 7 nitrogen and oxygen atoms in total. The highest BCUT2D eigenvalue weighted by Gasteiger charge is 2.39. The van der Waals surface area contributed by atoms with Crippen LogP contribution in [0.25, 0.3) is 5.57 Å². The number of benzene rings is 1. The zero-order chi connectivity index (χ0) is 21.9. The Hall–Kier alpha value is -2.68. The first-order valence-electron chi connectivity index (χ1n) is 11.3. The van der Waals surface area contributed by atoms with E-state index in [4.69, 9.17) is 4.74 Å². The second-order valence-electron chi connectivity index (χ2n) is 8.31. The van der Waals surface area contributed by atoms with Gasteiger partial charge in [0.05, 0.1) is 18.8 Å². The van der Waals surface area contributed by atoms with Crippen LogP contribution in [0.15, 0.2) is 47.5 Å². The molecule has 3 aliphatic rings. The molecule has 0 saturated carbocycles. The fraction of sp³-hybridized carbons (Fsp3) is 0.417. The summed E-state index contributed by atoms with van der Waals surface area (Å²) >= 11 is 1.48. The maximum absolute atomic E-state index is 13.3. The van der Waals surface area contributed by atoms with Crippen LogP contribution in [-0.2, 0) is 14.3 Å². The molecule has 1 aromatic heterocycles. The van der Waals surface area contributed by atoms with Gasteiger partial charge in [0.25, 0.3) is 11.8 Å². The third kappa shape index (κ3) is 4.30. The summed E-state index contributed by atoms with van der Waals surface area (Å²) in [6.07, 6.45) is 2.46. The summed E-state index contributed by atoms with van der Waals surface area (Å²) < 4.78 is 5.40. The summed E-state index contributed by atoms with van der Waals surface area (Å²) in [6, 6.07) is 11.9. The Morgan fingerprint density at radius 3 is 2.34 bits per heavy atom. The van der Waals surface area contributed by atoms with Crippen molar-refractivity contribution in [3.8, 4) is 0 Å². The molecule has 2 saturated heterocycles. The van der Waals surface area contributed by atoms with Gasteiger partial charge in [-0.3, -0.25) is 19.4 Å². The van der Waals surface area contributed by atoms with Crippen molar-refractivity contribution in [3.05, 3.63) is 52.4 Å². The van der Waals surface area contributed by atoms with Crippen molar-refractivity contribution < 1.29 is 14.3 Å². The fourth-order valence-corrected chi connectivity index (χ4v) is 5.25. The molecule has 32 heavy (non-hydrogen) atoms. The Morgan fingerprint density at radius 2 is 1.66 bits per heavy atom. The molecule has 2 amide bonds. The van der Waals surface area contributed by atoms with Crippen molar-refractivity contribution in [3.63, 3.8) is 0 Å². The topological polar surface area (TPSA) is 65.1 Å². The summed E-state index contributed by atoms with van der Waals surface area (Å²) in [7, 11) is 0. The van der Waals surface area contributed by atoms with E-state index in [1.54, 1.807) is 0 Å². The van der Waals surface area contributed by atoms with Gasteiger partial charge in [0.1, 0.15) is 5.70 Å². The summed E-state index contributed by atoms with van der Waals surface area (Å²) in [5.74, 6) is -0.475. The molecule has 0 bridgehead atoms. The Bertz CT molecular complexity index is 991. The number of ether oxygens (including phenoxy) is 1. The predicted molar refractivity (Wildman–Crippen MR) is 127 cm³/mol. The molecule has 1 aromatic carbocycles. The second kappa shape index (κ2) is 9.44. The van der Waals surface area contributed by atoms with Crippen LogP contribution in [0.3, 0.4) is 0 Å². The van der Waals surface area contributed by atoms with E-state index in [1.807, 2.05) is 29.6 Å². The number of thiophene rings is 1. The van der Waals surface area contributed by atoms with E-state index in [-0.39, 0.29) is 11.8 Å². The number of anilines is 2. The van der Waals surface area contributed by atoms with Crippen LogP contribution in [-0.4, -0.2) is 74.1 Å². The van der Waals surface area contributed by atoms with Gasteiger partial charge in [-0.1, -0.05) is 6.07 Å². The van der Waals surface area contributed by atoms with E-state index in [1.165, 1.54) is 34.8 Å². The van der Waals surface area contributed by atoms with Gasteiger partial charge in [0.15, 0.2) is 0 Å². The number of carbonyl (C=O) groups excluding carboxylic acids is 2.